The van der Waals surface area contributed by atoms with E-state index in [1.807, 2.05) is 42.5 Å². The largest absolute Gasteiger partial charge is 0.375 e. The molecule has 1 heterocycles. The zero-order valence-electron chi connectivity index (χ0n) is 11.9. The quantitative estimate of drug-likeness (QED) is 0.774. The van der Waals surface area contributed by atoms with E-state index in [1.165, 1.54) is 7.11 Å². The van der Waals surface area contributed by atoms with Gasteiger partial charge in [0.1, 0.15) is 6.61 Å². The topological polar surface area (TPSA) is 67.0 Å². The van der Waals surface area contributed by atoms with Crippen molar-refractivity contribution in [3.8, 4) is 11.1 Å². The fourth-order valence-corrected chi connectivity index (χ4v) is 2.45. The number of H-pyrrole nitrogens is 1. The summed E-state index contributed by atoms with van der Waals surface area (Å²) in [5, 5.41) is 11.3. The van der Waals surface area contributed by atoms with Crippen LogP contribution in [0.5, 0.6) is 0 Å². The molecule has 2 aromatic carbocycles. The molecule has 0 fully saturated rings. The third-order valence-electron chi connectivity index (χ3n) is 3.25. The first kappa shape index (κ1) is 14.6. The summed E-state index contributed by atoms with van der Waals surface area (Å²) in [5.74, 6) is 0.254. The Morgan fingerprint density at radius 2 is 2.09 bits per heavy atom. The van der Waals surface area contributed by atoms with Gasteiger partial charge >= 0.3 is 0 Å². The molecule has 0 saturated heterocycles. The predicted molar refractivity (Wildman–Crippen MR) is 87.0 cm³/mol. The fraction of sp³-hybridized carbons (Fsp3) is 0.125. The summed E-state index contributed by atoms with van der Waals surface area (Å²) < 4.78 is 4.79. The van der Waals surface area contributed by atoms with E-state index in [4.69, 9.17) is 16.3 Å². The van der Waals surface area contributed by atoms with Crippen LogP contribution < -0.4 is 5.32 Å². The Labute approximate surface area is 132 Å². The Kier molecular flexibility index (Phi) is 4.09. The SMILES string of the molecule is COCC(=O)Nc1n[nH]c2cc(-c3cccc(Cl)c3)ccc12. The number of anilines is 1. The van der Waals surface area contributed by atoms with E-state index in [0.717, 1.165) is 22.0 Å². The highest BCUT2D eigenvalue weighted by Crippen LogP contribution is 2.28. The number of benzene rings is 2. The number of hydrogen-bond donors (Lipinski definition) is 2. The molecule has 3 rings (SSSR count). The van der Waals surface area contributed by atoms with Crippen LogP contribution in [0.15, 0.2) is 42.5 Å². The van der Waals surface area contributed by atoms with E-state index in [0.29, 0.717) is 10.8 Å². The van der Waals surface area contributed by atoms with Crippen LogP contribution in [-0.4, -0.2) is 29.8 Å². The van der Waals surface area contributed by atoms with E-state index in [9.17, 15) is 4.79 Å². The number of aromatic amines is 1. The first-order valence-electron chi connectivity index (χ1n) is 6.70. The highest BCUT2D eigenvalue weighted by atomic mass is 35.5. The van der Waals surface area contributed by atoms with Crippen LogP contribution in [-0.2, 0) is 9.53 Å². The van der Waals surface area contributed by atoms with Gasteiger partial charge in [0, 0.05) is 17.5 Å². The van der Waals surface area contributed by atoms with Crippen molar-refractivity contribution in [2.75, 3.05) is 19.0 Å². The first-order chi connectivity index (χ1) is 10.7. The van der Waals surface area contributed by atoms with Gasteiger partial charge in [0.15, 0.2) is 5.82 Å². The summed E-state index contributed by atoms with van der Waals surface area (Å²) in [5.41, 5.74) is 2.88. The van der Waals surface area contributed by atoms with Crippen LogP contribution in [0, 0.1) is 0 Å². The summed E-state index contributed by atoms with van der Waals surface area (Å²) in [6.45, 7) is -0.00501. The molecule has 5 nitrogen and oxygen atoms in total. The van der Waals surface area contributed by atoms with Crippen molar-refractivity contribution >= 4 is 34.2 Å². The molecule has 0 aliphatic heterocycles. The van der Waals surface area contributed by atoms with Gasteiger partial charge in [0.25, 0.3) is 5.91 Å². The van der Waals surface area contributed by atoms with Gasteiger partial charge < -0.3 is 10.1 Å². The summed E-state index contributed by atoms with van der Waals surface area (Å²) >= 11 is 6.02. The molecular weight excluding hydrogens is 302 g/mol. The number of carbonyl (C=O) groups is 1. The molecule has 112 valence electrons. The number of nitrogens with zero attached hydrogens (tertiary/aromatic N) is 1. The Morgan fingerprint density at radius 1 is 1.27 bits per heavy atom. The molecule has 1 aromatic heterocycles. The minimum Gasteiger partial charge on any atom is -0.375 e. The van der Waals surface area contributed by atoms with E-state index in [1.54, 1.807) is 0 Å². The van der Waals surface area contributed by atoms with Crippen molar-refractivity contribution in [3.63, 3.8) is 0 Å². The zero-order valence-corrected chi connectivity index (χ0v) is 12.6. The molecule has 0 bridgehead atoms. The van der Waals surface area contributed by atoms with Gasteiger partial charge in [0.05, 0.1) is 5.52 Å². The Bertz CT molecular complexity index is 829. The minimum atomic E-state index is -0.241. The van der Waals surface area contributed by atoms with Gasteiger partial charge in [-0.2, -0.15) is 5.10 Å². The summed E-state index contributed by atoms with van der Waals surface area (Å²) in [4.78, 5) is 11.6. The predicted octanol–water partition coefficient (Wildman–Crippen LogP) is 3.47. The highest BCUT2D eigenvalue weighted by Gasteiger charge is 2.10. The maximum absolute atomic E-state index is 11.6. The maximum Gasteiger partial charge on any atom is 0.251 e. The summed E-state index contributed by atoms with van der Waals surface area (Å²) in [7, 11) is 1.47. The van der Waals surface area contributed by atoms with Crippen LogP contribution in [0.4, 0.5) is 5.82 Å². The van der Waals surface area contributed by atoms with Crippen LogP contribution >= 0.6 is 11.6 Å². The van der Waals surface area contributed by atoms with Crippen molar-refractivity contribution in [1.29, 1.82) is 0 Å². The number of hydrogen-bond acceptors (Lipinski definition) is 3. The van der Waals surface area contributed by atoms with Crippen molar-refractivity contribution in [1.82, 2.24) is 10.2 Å². The van der Waals surface area contributed by atoms with E-state index in [-0.39, 0.29) is 12.5 Å². The highest BCUT2D eigenvalue weighted by molar-refractivity contribution is 6.30. The lowest BCUT2D eigenvalue weighted by Gasteiger charge is -2.03. The van der Waals surface area contributed by atoms with Crippen molar-refractivity contribution in [2.45, 2.75) is 0 Å². The molecule has 0 aliphatic carbocycles. The van der Waals surface area contributed by atoms with E-state index in [2.05, 4.69) is 15.5 Å². The summed E-state index contributed by atoms with van der Waals surface area (Å²) in [6.07, 6.45) is 0. The van der Waals surface area contributed by atoms with E-state index < -0.39 is 0 Å². The first-order valence-corrected chi connectivity index (χ1v) is 7.08. The molecule has 22 heavy (non-hydrogen) atoms. The third kappa shape index (κ3) is 2.95. The van der Waals surface area contributed by atoms with E-state index >= 15 is 0 Å². The molecule has 6 heteroatoms. The van der Waals surface area contributed by atoms with Gasteiger partial charge in [-0.1, -0.05) is 29.8 Å². The Morgan fingerprint density at radius 3 is 2.86 bits per heavy atom. The number of fused-ring (bicyclic) bond motifs is 1. The maximum atomic E-state index is 11.6. The normalized spacial score (nSPS) is 10.8. The molecule has 2 N–H and O–H groups in total. The second-order valence-electron chi connectivity index (χ2n) is 4.82. The molecule has 1 amide bonds. The molecule has 0 saturated carbocycles. The van der Waals surface area contributed by atoms with Crippen LogP contribution in [0.3, 0.4) is 0 Å². The van der Waals surface area contributed by atoms with Gasteiger partial charge in [-0.3, -0.25) is 9.89 Å². The Balaban J connectivity index is 1.94. The average Bonchev–Trinajstić information content (AvgIpc) is 2.90. The third-order valence-corrected chi connectivity index (χ3v) is 3.49. The molecule has 3 aromatic rings. The second-order valence-corrected chi connectivity index (χ2v) is 5.26. The Hall–Kier alpha value is -2.37. The van der Waals surface area contributed by atoms with Crippen molar-refractivity contribution in [3.05, 3.63) is 47.5 Å². The van der Waals surface area contributed by atoms with Crippen molar-refractivity contribution in [2.24, 2.45) is 0 Å². The molecule has 0 aliphatic rings. The molecular formula is C16H14ClN3O2. The van der Waals surface area contributed by atoms with Gasteiger partial charge in [-0.05, 0) is 35.4 Å². The van der Waals surface area contributed by atoms with Gasteiger partial charge in [0.2, 0.25) is 0 Å². The number of nitrogens with one attached hydrogen (secondary N) is 2. The summed E-state index contributed by atoms with van der Waals surface area (Å²) in [6, 6.07) is 13.5. The molecule has 0 radical (unpaired) electrons. The number of ether oxygens (including phenoxy) is 1. The van der Waals surface area contributed by atoms with Crippen LogP contribution in [0.1, 0.15) is 0 Å². The zero-order chi connectivity index (χ0) is 15.5. The average molecular weight is 316 g/mol. The number of carbonyl (C=O) groups excluding carboxylic acids is 1. The van der Waals surface area contributed by atoms with Crippen LogP contribution in [0.2, 0.25) is 5.02 Å². The fourth-order valence-electron chi connectivity index (χ4n) is 2.26. The number of rotatable bonds is 4. The molecule has 0 spiro atoms. The van der Waals surface area contributed by atoms with Gasteiger partial charge in [-0.25, -0.2) is 0 Å². The number of aromatic nitrogens is 2. The lowest BCUT2D eigenvalue weighted by molar-refractivity contribution is -0.119. The van der Waals surface area contributed by atoms with Crippen LogP contribution in [0.25, 0.3) is 22.0 Å². The van der Waals surface area contributed by atoms with Crippen molar-refractivity contribution < 1.29 is 9.53 Å². The number of amides is 1. The minimum absolute atomic E-state index is 0.00501. The lowest BCUT2D eigenvalue weighted by Crippen LogP contribution is -2.17. The number of methoxy groups -OCH3 is 1. The number of halogens is 1. The lowest BCUT2D eigenvalue weighted by atomic mass is 10.0. The second kappa shape index (κ2) is 6.17. The molecule has 0 atom stereocenters. The standard InChI is InChI=1S/C16H14ClN3O2/c1-22-9-15(21)18-16-13-6-5-11(8-14(13)19-20-16)10-3-2-4-12(17)7-10/h2-8H,9H2,1H3,(H2,18,19,20,21). The monoisotopic (exact) mass is 315 g/mol. The molecule has 0 unspecified atom stereocenters. The smallest absolute Gasteiger partial charge is 0.251 e. The van der Waals surface area contributed by atoms with Gasteiger partial charge in [-0.15, -0.1) is 0 Å².